The van der Waals surface area contributed by atoms with Crippen LogP contribution in [0.2, 0.25) is 8.87 Å². The van der Waals surface area contributed by atoms with Crippen molar-refractivity contribution in [2.45, 2.75) is 76.1 Å². The Bertz CT molecular complexity index is 1120. The van der Waals surface area contributed by atoms with E-state index in [1.54, 1.807) is 33.1 Å². The summed E-state index contributed by atoms with van der Waals surface area (Å²) in [6.07, 6.45) is 5.84. The molecule has 0 bridgehead atoms. The number of aryl methyl sites for hydroxylation is 2. The second-order valence-corrected chi connectivity index (χ2v) is 13.5. The van der Waals surface area contributed by atoms with Crippen LogP contribution in [0, 0.1) is 13.8 Å². The summed E-state index contributed by atoms with van der Waals surface area (Å²) in [5, 5.41) is 24.0. The molecule has 0 fully saturated rings. The first-order valence-corrected chi connectivity index (χ1v) is 17.1. The molecule has 0 aliphatic heterocycles. The van der Waals surface area contributed by atoms with Gasteiger partial charge >= 0.3 is 69.5 Å². The summed E-state index contributed by atoms with van der Waals surface area (Å²) in [4.78, 5) is 13.5. The molecule has 2 aromatic carbocycles. The average molecular weight is 604 g/mol. The summed E-state index contributed by atoms with van der Waals surface area (Å²) >= 11 is 0.149. The summed E-state index contributed by atoms with van der Waals surface area (Å²) in [6.45, 7) is 12.1. The van der Waals surface area contributed by atoms with E-state index in [0.717, 1.165) is 11.1 Å². The summed E-state index contributed by atoms with van der Waals surface area (Å²) < 4.78 is 3.25. The van der Waals surface area contributed by atoms with Gasteiger partial charge in [0.05, 0.1) is 34.2 Å². The molecule has 3 rings (SSSR count). The van der Waals surface area contributed by atoms with Crippen molar-refractivity contribution in [3.05, 3.63) is 77.1 Å². The van der Waals surface area contributed by atoms with Crippen LogP contribution >= 0.6 is 0 Å². The van der Waals surface area contributed by atoms with Crippen molar-refractivity contribution in [1.82, 2.24) is 4.98 Å². The van der Waals surface area contributed by atoms with E-state index in [2.05, 4.69) is 28.8 Å². The first-order valence-electron chi connectivity index (χ1n) is 13.1. The van der Waals surface area contributed by atoms with Gasteiger partial charge in [-0.3, -0.25) is 9.98 Å². The molecular formula is C31H39N3O2Sn. The van der Waals surface area contributed by atoms with E-state index < -0.39 is 0 Å². The number of benzene rings is 2. The van der Waals surface area contributed by atoms with E-state index in [4.69, 9.17) is 0 Å². The number of hydrogen-bond acceptors (Lipinski definition) is 5. The Morgan fingerprint density at radius 2 is 1.16 bits per heavy atom. The number of rotatable bonds is 10. The van der Waals surface area contributed by atoms with Crippen LogP contribution in [0.25, 0.3) is 0 Å². The molecule has 6 heteroatoms. The molecule has 3 aromatic rings. The van der Waals surface area contributed by atoms with Gasteiger partial charge in [0.15, 0.2) is 0 Å². The minimum absolute atomic E-state index is 0.124. The number of hydrogen-bond donors (Lipinski definition) is 0. The van der Waals surface area contributed by atoms with Crippen molar-refractivity contribution in [1.29, 1.82) is 0 Å². The van der Waals surface area contributed by atoms with Crippen LogP contribution in [0.5, 0.6) is 11.5 Å². The Balaban J connectivity index is 0.000000458. The zero-order valence-corrected chi connectivity index (χ0v) is 26.0. The Kier molecular flexibility index (Phi) is 13.4. The first-order chi connectivity index (χ1) is 17.7. The molecule has 194 valence electrons. The summed E-state index contributed by atoms with van der Waals surface area (Å²) in [5.41, 5.74) is 5.32. The molecule has 0 atom stereocenters. The fraction of sp³-hybridized carbons (Fsp3) is 0.387. The quantitative estimate of drug-likeness (QED) is 0.139. The van der Waals surface area contributed by atoms with E-state index in [-0.39, 0.29) is 32.6 Å². The third kappa shape index (κ3) is 10.7. The molecule has 37 heavy (non-hydrogen) atoms. The second kappa shape index (κ2) is 16.2. The number of nitrogens with zero attached hydrogens (tertiary/aromatic N) is 3. The third-order valence-corrected chi connectivity index (χ3v) is 9.75. The van der Waals surface area contributed by atoms with Gasteiger partial charge in [-0.05, 0) is 63.1 Å². The molecule has 1 heterocycles. The Labute approximate surface area is 233 Å². The van der Waals surface area contributed by atoms with E-state index in [1.807, 2.05) is 45.9 Å². The van der Waals surface area contributed by atoms with Crippen molar-refractivity contribution in [3.63, 3.8) is 0 Å². The van der Waals surface area contributed by atoms with Gasteiger partial charge in [0.25, 0.3) is 0 Å². The third-order valence-electron chi connectivity index (χ3n) is 5.71. The van der Waals surface area contributed by atoms with Crippen molar-refractivity contribution in [3.8, 4) is 11.5 Å². The molecule has 0 saturated heterocycles. The topological polar surface area (TPSA) is 83.7 Å². The Morgan fingerprint density at radius 1 is 0.730 bits per heavy atom. The molecule has 0 aliphatic carbocycles. The summed E-state index contributed by atoms with van der Waals surface area (Å²) in [5.74, 6) is -0.248. The SMILES string of the molecule is CC(=Nc1cc(C)ccc1[O-])c1cccc(C(C)=Nc2cc(C)ccc2[O-])n1.CCC[CH2][Sn+2][CH2]CCC. The molecule has 1 aromatic heterocycles. The van der Waals surface area contributed by atoms with Crippen molar-refractivity contribution in [2.75, 3.05) is 0 Å². The van der Waals surface area contributed by atoms with Gasteiger partial charge in [-0.2, -0.15) is 0 Å². The van der Waals surface area contributed by atoms with Crippen LogP contribution in [0.1, 0.15) is 75.9 Å². The van der Waals surface area contributed by atoms with Gasteiger partial charge < -0.3 is 10.2 Å². The fourth-order valence-corrected chi connectivity index (χ4v) is 7.63. The van der Waals surface area contributed by atoms with E-state index in [9.17, 15) is 10.2 Å². The van der Waals surface area contributed by atoms with Crippen LogP contribution in [0.15, 0.2) is 64.6 Å². The number of pyridine rings is 1. The molecule has 0 N–H and O–H groups in total. The predicted molar refractivity (Wildman–Crippen MR) is 154 cm³/mol. The van der Waals surface area contributed by atoms with Crippen molar-refractivity contribution < 1.29 is 10.2 Å². The number of unbranched alkanes of at least 4 members (excludes halogenated alkanes) is 2. The standard InChI is InChI=1S/C23H23N3O2.2C4H9.Sn/c1-14-8-10-22(27)20(12-14)24-16(3)18-6-5-7-19(26-18)17(4)25-21-13-15(2)9-11-23(21)28;2*1-3-4-2;/h5-13,27-28H,1-4H3;2*1,3-4H2,2H3;/q;;;+2/p-2. The molecule has 0 saturated carbocycles. The summed E-state index contributed by atoms with van der Waals surface area (Å²) in [7, 11) is 0. The van der Waals surface area contributed by atoms with E-state index >= 15 is 0 Å². The molecule has 0 aliphatic rings. The molecule has 0 radical (unpaired) electrons. The van der Waals surface area contributed by atoms with Crippen molar-refractivity contribution in [2.24, 2.45) is 9.98 Å². The fourth-order valence-electron chi connectivity index (χ4n) is 3.47. The van der Waals surface area contributed by atoms with Crippen molar-refractivity contribution >= 4 is 43.9 Å². The van der Waals surface area contributed by atoms with Crippen LogP contribution in [-0.4, -0.2) is 37.5 Å². The van der Waals surface area contributed by atoms with E-state index in [0.29, 0.717) is 34.2 Å². The normalized spacial score (nSPS) is 11.5. The van der Waals surface area contributed by atoms with Crippen LogP contribution in [0.3, 0.4) is 0 Å². The molecule has 5 nitrogen and oxygen atoms in total. The maximum atomic E-state index is 12.0. The Hall–Kier alpha value is -2.67. The summed E-state index contributed by atoms with van der Waals surface area (Å²) in [6, 6.07) is 15.6. The molecule has 0 unspecified atom stereocenters. The average Bonchev–Trinajstić information content (AvgIpc) is 2.89. The van der Waals surface area contributed by atoms with Crippen LogP contribution in [-0.2, 0) is 0 Å². The number of aromatic nitrogens is 1. The van der Waals surface area contributed by atoms with Crippen LogP contribution < -0.4 is 10.2 Å². The zero-order valence-electron chi connectivity index (χ0n) is 23.1. The van der Waals surface area contributed by atoms with Crippen LogP contribution in [0.4, 0.5) is 11.4 Å². The molecule has 0 spiro atoms. The van der Waals surface area contributed by atoms with Gasteiger partial charge in [0.2, 0.25) is 0 Å². The van der Waals surface area contributed by atoms with Gasteiger partial charge in [-0.25, -0.2) is 4.98 Å². The maximum absolute atomic E-state index is 12.0. The zero-order chi connectivity index (χ0) is 27.2. The van der Waals surface area contributed by atoms with Gasteiger partial charge in [-0.15, -0.1) is 0 Å². The van der Waals surface area contributed by atoms with Gasteiger partial charge in [0, 0.05) is 0 Å². The molecular weight excluding hydrogens is 565 g/mol. The van der Waals surface area contributed by atoms with E-state index in [1.165, 1.54) is 37.8 Å². The minimum atomic E-state index is -0.124. The molecule has 0 amide bonds. The van der Waals surface area contributed by atoms with Gasteiger partial charge in [-0.1, -0.05) is 41.8 Å². The number of aliphatic imine (C=N–C) groups is 2. The monoisotopic (exact) mass is 605 g/mol. The predicted octanol–water partition coefficient (Wildman–Crippen LogP) is 7.25. The first kappa shape index (κ1) is 30.6. The Morgan fingerprint density at radius 3 is 1.57 bits per heavy atom. The van der Waals surface area contributed by atoms with Gasteiger partial charge in [0.1, 0.15) is 0 Å². The second-order valence-electron chi connectivity index (χ2n) is 9.20.